The fourth-order valence-electron chi connectivity index (χ4n) is 2.52. The summed E-state index contributed by atoms with van der Waals surface area (Å²) in [5, 5.41) is 0. The lowest BCUT2D eigenvalue weighted by Crippen LogP contribution is -2.05. The number of aromatic nitrogens is 2. The van der Waals surface area contributed by atoms with E-state index in [1.807, 2.05) is 30.5 Å². The normalized spacial score (nSPS) is 12.0. The van der Waals surface area contributed by atoms with Crippen LogP contribution in [0.25, 0.3) is 11.0 Å². The van der Waals surface area contributed by atoms with Gasteiger partial charge in [-0.1, -0.05) is 23.8 Å². The van der Waals surface area contributed by atoms with Crippen molar-refractivity contribution in [2.75, 3.05) is 0 Å². The maximum atomic E-state index is 12.7. The average molecular weight is 304 g/mol. The Bertz CT molecular complexity index is 832. The van der Waals surface area contributed by atoms with E-state index in [0.29, 0.717) is 17.6 Å². The molecule has 0 aliphatic heterocycles. The molecule has 0 atom stereocenters. The second-order valence-corrected chi connectivity index (χ2v) is 5.50. The number of aryl methyl sites for hydroxylation is 2. The van der Waals surface area contributed by atoms with E-state index in [0.717, 1.165) is 28.8 Å². The quantitative estimate of drug-likeness (QED) is 0.670. The maximum absolute atomic E-state index is 12.7. The van der Waals surface area contributed by atoms with E-state index in [4.69, 9.17) is 0 Å². The van der Waals surface area contributed by atoms with Gasteiger partial charge in [-0.2, -0.15) is 13.2 Å². The highest BCUT2D eigenvalue weighted by molar-refractivity contribution is 5.76. The third-order valence-corrected chi connectivity index (χ3v) is 3.79. The van der Waals surface area contributed by atoms with Crippen LogP contribution in [0.15, 0.2) is 42.7 Å². The van der Waals surface area contributed by atoms with Crippen LogP contribution in [0.4, 0.5) is 13.2 Å². The molecule has 3 rings (SSSR count). The summed E-state index contributed by atoms with van der Waals surface area (Å²) >= 11 is 0. The topological polar surface area (TPSA) is 17.8 Å². The highest BCUT2D eigenvalue weighted by Gasteiger charge is 2.30. The van der Waals surface area contributed by atoms with Gasteiger partial charge < -0.3 is 4.57 Å². The number of halogens is 3. The molecular formula is C17H15F3N2. The molecule has 0 saturated heterocycles. The fourth-order valence-corrected chi connectivity index (χ4v) is 2.52. The van der Waals surface area contributed by atoms with E-state index < -0.39 is 11.7 Å². The molecule has 0 aliphatic rings. The molecule has 0 spiro atoms. The van der Waals surface area contributed by atoms with Gasteiger partial charge in [-0.3, -0.25) is 0 Å². The second-order valence-electron chi connectivity index (χ2n) is 5.50. The van der Waals surface area contributed by atoms with Crippen molar-refractivity contribution in [2.45, 2.75) is 26.6 Å². The lowest BCUT2D eigenvalue weighted by atomic mass is 10.1. The Morgan fingerprint density at radius 1 is 1.05 bits per heavy atom. The monoisotopic (exact) mass is 304 g/mol. The van der Waals surface area contributed by atoms with Gasteiger partial charge in [0.25, 0.3) is 0 Å². The number of nitrogens with zero attached hydrogens (tertiary/aromatic N) is 2. The molecule has 2 aromatic carbocycles. The summed E-state index contributed by atoms with van der Waals surface area (Å²) in [5.41, 5.74) is 3.84. The molecule has 1 heterocycles. The molecule has 0 radical (unpaired) electrons. The molecule has 0 aliphatic carbocycles. The molecule has 114 valence electrons. The van der Waals surface area contributed by atoms with Crippen LogP contribution >= 0.6 is 0 Å². The molecule has 5 heteroatoms. The Hall–Kier alpha value is -2.30. The maximum Gasteiger partial charge on any atom is 0.416 e. The van der Waals surface area contributed by atoms with Crippen molar-refractivity contribution in [1.29, 1.82) is 0 Å². The fraction of sp³-hybridized carbons (Fsp3) is 0.235. The Morgan fingerprint density at radius 2 is 1.82 bits per heavy atom. The van der Waals surface area contributed by atoms with E-state index in [9.17, 15) is 13.2 Å². The Balaban J connectivity index is 2.00. The summed E-state index contributed by atoms with van der Waals surface area (Å²) in [5.74, 6) is 0. The van der Waals surface area contributed by atoms with E-state index in [2.05, 4.69) is 11.1 Å². The first kappa shape index (κ1) is 14.6. The lowest BCUT2D eigenvalue weighted by molar-refractivity contribution is -0.137. The zero-order valence-electron chi connectivity index (χ0n) is 12.3. The van der Waals surface area contributed by atoms with Gasteiger partial charge in [0.05, 0.1) is 22.9 Å². The second kappa shape index (κ2) is 5.16. The molecule has 2 nitrogen and oxygen atoms in total. The summed E-state index contributed by atoms with van der Waals surface area (Å²) in [6.45, 7) is 4.63. The first-order valence-electron chi connectivity index (χ1n) is 6.93. The molecule has 0 N–H and O–H groups in total. The van der Waals surface area contributed by atoms with Crippen LogP contribution in [0.5, 0.6) is 0 Å². The minimum atomic E-state index is -4.34. The SMILES string of the molecule is Cc1ccc(C)c(Cn2cnc3cc(C(F)(F)F)ccc32)c1. The lowest BCUT2D eigenvalue weighted by Gasteiger charge is -2.10. The van der Waals surface area contributed by atoms with E-state index in [1.54, 1.807) is 6.33 Å². The van der Waals surface area contributed by atoms with E-state index in [-0.39, 0.29) is 0 Å². The van der Waals surface area contributed by atoms with Crippen LogP contribution in [0.1, 0.15) is 22.3 Å². The average Bonchev–Trinajstić information content (AvgIpc) is 2.84. The number of imidazole rings is 1. The molecule has 0 bridgehead atoms. The summed E-state index contributed by atoms with van der Waals surface area (Å²) in [4.78, 5) is 4.10. The predicted molar refractivity (Wildman–Crippen MR) is 79.8 cm³/mol. The van der Waals surface area contributed by atoms with Gasteiger partial charge in [0.2, 0.25) is 0 Å². The molecule has 1 aromatic heterocycles. The predicted octanol–water partition coefficient (Wildman–Crippen LogP) is 4.72. The molecule has 0 fully saturated rings. The van der Waals surface area contributed by atoms with E-state index >= 15 is 0 Å². The number of hydrogen-bond donors (Lipinski definition) is 0. The van der Waals surface area contributed by atoms with E-state index in [1.165, 1.54) is 6.07 Å². The van der Waals surface area contributed by atoms with Gasteiger partial charge in [0.1, 0.15) is 0 Å². The standard InChI is InChI=1S/C17H15F3N2/c1-11-3-4-12(2)13(7-11)9-22-10-21-15-8-14(17(18,19)20)5-6-16(15)22/h3-8,10H,9H2,1-2H3. The van der Waals surface area contributed by atoms with Crippen molar-refractivity contribution in [3.05, 3.63) is 65.0 Å². The van der Waals surface area contributed by atoms with Crippen LogP contribution in [-0.4, -0.2) is 9.55 Å². The van der Waals surface area contributed by atoms with Crippen molar-refractivity contribution in [3.8, 4) is 0 Å². The van der Waals surface area contributed by atoms with Gasteiger partial charge >= 0.3 is 6.18 Å². The highest BCUT2D eigenvalue weighted by atomic mass is 19.4. The zero-order chi connectivity index (χ0) is 15.9. The van der Waals surface area contributed by atoms with Crippen LogP contribution in [0.2, 0.25) is 0 Å². The van der Waals surface area contributed by atoms with Crippen molar-refractivity contribution in [3.63, 3.8) is 0 Å². The number of alkyl halides is 3. The molecule has 0 saturated carbocycles. The van der Waals surface area contributed by atoms with Crippen molar-refractivity contribution in [1.82, 2.24) is 9.55 Å². The summed E-state index contributed by atoms with van der Waals surface area (Å²) in [6, 6.07) is 9.85. The Kier molecular flexibility index (Phi) is 3.43. The highest BCUT2D eigenvalue weighted by Crippen LogP contribution is 2.31. The van der Waals surface area contributed by atoms with Gasteiger partial charge in [-0.25, -0.2) is 4.98 Å². The van der Waals surface area contributed by atoms with Crippen LogP contribution < -0.4 is 0 Å². The van der Waals surface area contributed by atoms with Gasteiger partial charge in [-0.15, -0.1) is 0 Å². The van der Waals surface area contributed by atoms with Crippen LogP contribution in [0.3, 0.4) is 0 Å². The first-order valence-corrected chi connectivity index (χ1v) is 6.93. The number of fused-ring (bicyclic) bond motifs is 1. The largest absolute Gasteiger partial charge is 0.416 e. The third kappa shape index (κ3) is 2.71. The molecule has 3 aromatic rings. The Morgan fingerprint density at radius 3 is 2.55 bits per heavy atom. The summed E-state index contributed by atoms with van der Waals surface area (Å²) in [6.07, 6.45) is -2.75. The smallest absolute Gasteiger partial charge is 0.326 e. The number of benzene rings is 2. The molecule has 0 unspecified atom stereocenters. The van der Waals surface area contributed by atoms with Crippen LogP contribution in [-0.2, 0) is 12.7 Å². The van der Waals surface area contributed by atoms with Crippen molar-refractivity contribution >= 4 is 11.0 Å². The van der Waals surface area contributed by atoms with Gasteiger partial charge in [-0.05, 0) is 43.2 Å². The Labute approximate surface area is 126 Å². The minimum absolute atomic E-state index is 0.361. The third-order valence-electron chi connectivity index (χ3n) is 3.79. The minimum Gasteiger partial charge on any atom is -0.326 e. The van der Waals surface area contributed by atoms with Crippen molar-refractivity contribution in [2.24, 2.45) is 0 Å². The van der Waals surface area contributed by atoms with Crippen molar-refractivity contribution < 1.29 is 13.2 Å². The zero-order valence-corrected chi connectivity index (χ0v) is 12.3. The number of rotatable bonds is 2. The molecule has 22 heavy (non-hydrogen) atoms. The first-order chi connectivity index (χ1) is 10.3. The summed E-state index contributed by atoms with van der Waals surface area (Å²) < 4.78 is 40.1. The molecular weight excluding hydrogens is 289 g/mol. The molecule has 0 amide bonds. The van der Waals surface area contributed by atoms with Gasteiger partial charge in [0, 0.05) is 6.54 Å². The van der Waals surface area contributed by atoms with Gasteiger partial charge in [0.15, 0.2) is 0 Å². The number of hydrogen-bond acceptors (Lipinski definition) is 1. The summed E-state index contributed by atoms with van der Waals surface area (Å²) in [7, 11) is 0. The van der Waals surface area contributed by atoms with Crippen LogP contribution in [0, 0.1) is 13.8 Å².